The van der Waals surface area contributed by atoms with Crippen molar-refractivity contribution in [3.05, 3.63) is 48.4 Å². The van der Waals surface area contributed by atoms with Crippen LogP contribution in [-0.4, -0.2) is 58.3 Å². The smallest absolute Gasteiger partial charge is 0.228 e. The lowest BCUT2D eigenvalue weighted by Gasteiger charge is -2.34. The monoisotopic (exact) mass is 470 g/mol. The van der Waals surface area contributed by atoms with E-state index in [0.717, 1.165) is 68.5 Å². The molecule has 0 spiro atoms. The molecular formula is C27H27FN6O. The minimum Gasteiger partial charge on any atom is -0.508 e. The van der Waals surface area contributed by atoms with Crippen LogP contribution < -0.4 is 15.1 Å². The molecule has 2 unspecified atom stereocenters. The highest BCUT2D eigenvalue weighted by molar-refractivity contribution is 6.00. The second-order valence-corrected chi connectivity index (χ2v) is 9.98. The molecule has 5 heterocycles. The Kier molecular flexibility index (Phi) is 4.77. The van der Waals surface area contributed by atoms with Crippen molar-refractivity contribution in [2.45, 2.75) is 37.8 Å². The van der Waals surface area contributed by atoms with Gasteiger partial charge in [-0.05, 0) is 48.6 Å². The summed E-state index contributed by atoms with van der Waals surface area (Å²) in [6.45, 7) is 3.47. The zero-order valence-corrected chi connectivity index (χ0v) is 19.4. The Hall–Kier alpha value is -3.52. The maximum Gasteiger partial charge on any atom is 0.228 e. The second-order valence-electron chi connectivity index (χ2n) is 9.98. The third kappa shape index (κ3) is 3.46. The van der Waals surface area contributed by atoms with Crippen molar-refractivity contribution >= 4 is 33.4 Å². The summed E-state index contributed by atoms with van der Waals surface area (Å²) in [7, 11) is 0. The fourth-order valence-corrected chi connectivity index (χ4v) is 5.98. The second kappa shape index (κ2) is 8.02. The Morgan fingerprint density at radius 1 is 0.943 bits per heavy atom. The Bertz CT molecular complexity index is 1440. The highest BCUT2D eigenvalue weighted by Gasteiger charge is 2.34. The summed E-state index contributed by atoms with van der Waals surface area (Å²) in [4.78, 5) is 18.7. The molecule has 2 N–H and O–H groups in total. The van der Waals surface area contributed by atoms with Gasteiger partial charge < -0.3 is 20.2 Å². The third-order valence-corrected chi connectivity index (χ3v) is 7.66. The first-order valence-electron chi connectivity index (χ1n) is 12.5. The van der Waals surface area contributed by atoms with Crippen molar-refractivity contribution < 1.29 is 9.50 Å². The Labute approximate surface area is 202 Å². The number of phenolic OH excluding ortho intramolecular Hbond substituents is 1. The number of nitrogens with zero attached hydrogens (tertiary/aromatic N) is 5. The lowest BCUT2D eigenvalue weighted by atomic mass is 10.00. The first-order chi connectivity index (χ1) is 17.1. The van der Waals surface area contributed by atoms with Crippen LogP contribution in [0, 0.1) is 5.82 Å². The summed E-state index contributed by atoms with van der Waals surface area (Å²) in [5, 5.41) is 16.3. The number of aromatic nitrogens is 3. The van der Waals surface area contributed by atoms with Crippen LogP contribution in [0.1, 0.15) is 25.7 Å². The van der Waals surface area contributed by atoms with Crippen LogP contribution >= 0.6 is 0 Å². The molecule has 0 aliphatic carbocycles. The van der Waals surface area contributed by atoms with Crippen molar-refractivity contribution in [3.8, 4) is 17.0 Å². The molecule has 35 heavy (non-hydrogen) atoms. The molecule has 3 aliphatic rings. The van der Waals surface area contributed by atoms with E-state index in [-0.39, 0.29) is 11.4 Å². The standard InChI is InChI=1S/C27H27FN6O/c28-23-24(21-12-19(35)11-16-5-1-2-6-20(16)21)29-13-22-25(23)31-27(33-9-3-4-10-33)32-26(22)34-14-17-7-8-18(15-34)30-17/h1-2,5-6,11-13,17-18,30,35H,3-4,7-10,14-15H2. The molecule has 2 bridgehead atoms. The van der Waals surface area contributed by atoms with Crippen LogP contribution in [0.3, 0.4) is 0 Å². The average Bonchev–Trinajstić information content (AvgIpc) is 3.53. The Morgan fingerprint density at radius 3 is 2.51 bits per heavy atom. The summed E-state index contributed by atoms with van der Waals surface area (Å²) in [6, 6.07) is 11.8. The normalized spacial score (nSPS) is 22.0. The number of halogens is 1. The molecule has 3 saturated heterocycles. The lowest BCUT2D eigenvalue weighted by Crippen LogP contribution is -2.51. The van der Waals surface area contributed by atoms with Crippen LogP contribution in [-0.2, 0) is 0 Å². The fourth-order valence-electron chi connectivity index (χ4n) is 5.98. The van der Waals surface area contributed by atoms with Gasteiger partial charge in [-0.3, -0.25) is 4.98 Å². The van der Waals surface area contributed by atoms with E-state index in [1.165, 1.54) is 0 Å². The van der Waals surface area contributed by atoms with E-state index in [0.29, 0.717) is 34.5 Å². The minimum atomic E-state index is -0.472. The summed E-state index contributed by atoms with van der Waals surface area (Å²) in [5.74, 6) is 0.972. The van der Waals surface area contributed by atoms with Crippen LogP contribution in [0.4, 0.5) is 16.2 Å². The maximum atomic E-state index is 16.3. The number of anilines is 2. The third-order valence-electron chi connectivity index (χ3n) is 7.66. The van der Waals surface area contributed by atoms with Gasteiger partial charge in [0, 0.05) is 50.0 Å². The highest BCUT2D eigenvalue weighted by atomic mass is 19.1. The van der Waals surface area contributed by atoms with E-state index in [4.69, 9.17) is 9.97 Å². The number of pyridine rings is 1. The quantitative estimate of drug-likeness (QED) is 0.464. The van der Waals surface area contributed by atoms with E-state index in [1.54, 1.807) is 18.3 Å². The topological polar surface area (TPSA) is 77.4 Å². The van der Waals surface area contributed by atoms with Crippen molar-refractivity contribution in [1.82, 2.24) is 20.3 Å². The molecule has 7 nitrogen and oxygen atoms in total. The predicted molar refractivity (Wildman–Crippen MR) is 136 cm³/mol. The van der Waals surface area contributed by atoms with Gasteiger partial charge in [0.1, 0.15) is 22.8 Å². The van der Waals surface area contributed by atoms with Crippen LogP contribution in [0.2, 0.25) is 0 Å². The Morgan fingerprint density at radius 2 is 1.71 bits per heavy atom. The molecule has 0 amide bonds. The van der Waals surface area contributed by atoms with Crippen molar-refractivity contribution in [1.29, 1.82) is 0 Å². The van der Waals surface area contributed by atoms with Crippen LogP contribution in [0.25, 0.3) is 32.9 Å². The zero-order chi connectivity index (χ0) is 23.5. The summed E-state index contributed by atoms with van der Waals surface area (Å²) in [6.07, 6.45) is 6.20. The molecule has 3 fully saturated rings. The summed E-state index contributed by atoms with van der Waals surface area (Å²) >= 11 is 0. The van der Waals surface area contributed by atoms with E-state index in [2.05, 4.69) is 20.1 Å². The molecule has 0 radical (unpaired) electrons. The molecule has 2 atom stereocenters. The van der Waals surface area contributed by atoms with Crippen LogP contribution in [0.5, 0.6) is 5.75 Å². The van der Waals surface area contributed by atoms with E-state index in [9.17, 15) is 5.11 Å². The molecule has 178 valence electrons. The van der Waals surface area contributed by atoms with Crippen molar-refractivity contribution in [3.63, 3.8) is 0 Å². The fraction of sp³-hybridized carbons (Fsp3) is 0.370. The van der Waals surface area contributed by atoms with Gasteiger partial charge in [-0.15, -0.1) is 0 Å². The van der Waals surface area contributed by atoms with Gasteiger partial charge in [-0.2, -0.15) is 4.98 Å². The van der Waals surface area contributed by atoms with Gasteiger partial charge in [0.05, 0.1) is 5.39 Å². The van der Waals surface area contributed by atoms with Gasteiger partial charge in [0.15, 0.2) is 5.82 Å². The van der Waals surface area contributed by atoms with E-state index < -0.39 is 5.82 Å². The molecular weight excluding hydrogens is 443 g/mol. The number of phenols is 1. The minimum absolute atomic E-state index is 0.0809. The summed E-state index contributed by atoms with van der Waals surface area (Å²) in [5.41, 5.74) is 1.05. The average molecular weight is 471 g/mol. The number of piperazine rings is 1. The summed E-state index contributed by atoms with van der Waals surface area (Å²) < 4.78 is 16.3. The SMILES string of the molecule is Oc1cc(-c2ncc3c(N4CC5CCC(C4)N5)nc(N4CCCC4)nc3c2F)c2ccccc2c1. The van der Waals surface area contributed by atoms with Crippen molar-refractivity contribution in [2.24, 2.45) is 0 Å². The van der Waals surface area contributed by atoms with Crippen LogP contribution in [0.15, 0.2) is 42.6 Å². The molecule has 2 aromatic heterocycles. The predicted octanol–water partition coefficient (Wildman–Crippen LogP) is 4.23. The first-order valence-corrected chi connectivity index (χ1v) is 12.5. The molecule has 0 saturated carbocycles. The number of nitrogens with one attached hydrogen (secondary N) is 1. The number of fused-ring (bicyclic) bond motifs is 4. The Balaban J connectivity index is 1.44. The molecule has 4 aromatic rings. The number of aromatic hydroxyl groups is 1. The molecule has 7 rings (SSSR count). The van der Waals surface area contributed by atoms with Gasteiger partial charge in [0.2, 0.25) is 5.95 Å². The molecule has 8 heteroatoms. The number of hydrogen-bond donors (Lipinski definition) is 2. The zero-order valence-electron chi connectivity index (χ0n) is 19.4. The number of hydrogen-bond acceptors (Lipinski definition) is 7. The van der Waals surface area contributed by atoms with E-state index >= 15 is 4.39 Å². The largest absolute Gasteiger partial charge is 0.508 e. The molecule has 2 aromatic carbocycles. The lowest BCUT2D eigenvalue weighted by molar-refractivity contribution is 0.464. The molecule has 3 aliphatic heterocycles. The maximum absolute atomic E-state index is 16.3. The highest BCUT2D eigenvalue weighted by Crippen LogP contribution is 2.37. The number of rotatable bonds is 3. The van der Waals surface area contributed by atoms with Gasteiger partial charge in [0.25, 0.3) is 0 Å². The first kappa shape index (κ1) is 20.8. The van der Waals surface area contributed by atoms with Gasteiger partial charge in [-0.1, -0.05) is 24.3 Å². The van der Waals surface area contributed by atoms with Gasteiger partial charge >= 0.3 is 0 Å². The number of benzene rings is 2. The van der Waals surface area contributed by atoms with E-state index in [1.807, 2.05) is 24.3 Å². The van der Waals surface area contributed by atoms with Gasteiger partial charge in [-0.25, -0.2) is 9.37 Å². The van der Waals surface area contributed by atoms with Crippen molar-refractivity contribution in [2.75, 3.05) is 36.0 Å².